The molecule has 0 fully saturated rings. The quantitative estimate of drug-likeness (QED) is 0.345. The van der Waals surface area contributed by atoms with Gasteiger partial charge in [-0.3, -0.25) is 13.9 Å². The number of carbonyl (C=O) groups excluding carboxylic acids is 2. The third-order valence-electron chi connectivity index (χ3n) is 6.20. The van der Waals surface area contributed by atoms with E-state index in [0.717, 1.165) is 15.4 Å². The lowest BCUT2D eigenvalue weighted by molar-refractivity contribution is -0.139. The van der Waals surface area contributed by atoms with Gasteiger partial charge >= 0.3 is 0 Å². The SMILES string of the molecule is CC[C@@H](C(=O)NC)N(CCc1ccccc1)C(=O)CN(c1cccc(Cl)c1Cl)S(=O)(=O)c1ccc(C)cc1. The highest BCUT2D eigenvalue weighted by atomic mass is 35.5. The molecule has 0 aliphatic carbocycles. The number of benzene rings is 3. The second-order valence-electron chi connectivity index (χ2n) is 8.76. The number of nitrogens with zero attached hydrogens (tertiary/aromatic N) is 2. The minimum atomic E-state index is -4.22. The molecule has 0 aliphatic heterocycles. The van der Waals surface area contributed by atoms with E-state index in [1.807, 2.05) is 37.3 Å². The minimum absolute atomic E-state index is 0.00104. The van der Waals surface area contributed by atoms with Gasteiger partial charge in [0.15, 0.2) is 0 Å². The Kier molecular flexibility index (Phi) is 10.2. The third-order valence-corrected chi connectivity index (χ3v) is 8.79. The largest absolute Gasteiger partial charge is 0.357 e. The summed E-state index contributed by atoms with van der Waals surface area (Å²) < 4.78 is 28.7. The first kappa shape index (κ1) is 29.5. The highest BCUT2D eigenvalue weighted by Gasteiger charge is 2.34. The van der Waals surface area contributed by atoms with E-state index in [2.05, 4.69) is 5.32 Å². The summed E-state index contributed by atoms with van der Waals surface area (Å²) in [6.45, 7) is 3.30. The van der Waals surface area contributed by atoms with Crippen molar-refractivity contribution in [2.24, 2.45) is 0 Å². The van der Waals surface area contributed by atoms with Crippen LogP contribution in [0.3, 0.4) is 0 Å². The average molecular weight is 577 g/mol. The molecule has 202 valence electrons. The number of hydrogen-bond acceptors (Lipinski definition) is 4. The molecule has 0 aliphatic rings. The van der Waals surface area contributed by atoms with E-state index in [1.165, 1.54) is 36.2 Å². The van der Waals surface area contributed by atoms with E-state index in [4.69, 9.17) is 23.2 Å². The summed E-state index contributed by atoms with van der Waals surface area (Å²) in [5, 5.41) is 2.77. The molecule has 1 N–H and O–H groups in total. The van der Waals surface area contributed by atoms with E-state index < -0.39 is 28.5 Å². The van der Waals surface area contributed by atoms with Gasteiger partial charge in [-0.1, -0.05) is 84.2 Å². The zero-order valence-corrected chi connectivity index (χ0v) is 23.9. The summed E-state index contributed by atoms with van der Waals surface area (Å²) in [6.07, 6.45) is 0.839. The number of rotatable bonds is 11. The molecular weight excluding hydrogens is 545 g/mol. The van der Waals surface area contributed by atoms with Crippen LogP contribution in [0.15, 0.2) is 77.7 Å². The van der Waals surface area contributed by atoms with Crippen molar-refractivity contribution in [2.75, 3.05) is 24.4 Å². The predicted molar refractivity (Wildman–Crippen MR) is 152 cm³/mol. The predicted octanol–water partition coefficient (Wildman–Crippen LogP) is 5.09. The molecule has 2 amide bonds. The summed E-state index contributed by atoms with van der Waals surface area (Å²) in [5.74, 6) is -0.870. The monoisotopic (exact) mass is 575 g/mol. The lowest BCUT2D eigenvalue weighted by atomic mass is 10.1. The molecule has 0 spiro atoms. The third kappa shape index (κ3) is 6.87. The van der Waals surface area contributed by atoms with Crippen LogP contribution in [0.4, 0.5) is 5.69 Å². The molecule has 7 nitrogen and oxygen atoms in total. The molecule has 3 aromatic carbocycles. The van der Waals surface area contributed by atoms with Crippen LogP contribution in [-0.2, 0) is 26.0 Å². The van der Waals surface area contributed by atoms with Gasteiger partial charge in [-0.05, 0) is 49.6 Å². The van der Waals surface area contributed by atoms with Gasteiger partial charge in [0.25, 0.3) is 10.0 Å². The maximum Gasteiger partial charge on any atom is 0.264 e. The number of anilines is 1. The number of nitrogens with one attached hydrogen (secondary N) is 1. The van der Waals surface area contributed by atoms with Crippen LogP contribution in [0.2, 0.25) is 10.0 Å². The first-order valence-electron chi connectivity index (χ1n) is 12.2. The summed E-state index contributed by atoms with van der Waals surface area (Å²) in [4.78, 5) is 28.0. The number of carbonyl (C=O) groups is 2. The number of amides is 2. The Morgan fingerprint density at radius 1 is 0.947 bits per heavy atom. The van der Waals surface area contributed by atoms with Gasteiger partial charge in [-0.25, -0.2) is 8.42 Å². The van der Waals surface area contributed by atoms with E-state index >= 15 is 0 Å². The highest BCUT2D eigenvalue weighted by Crippen LogP contribution is 2.35. The van der Waals surface area contributed by atoms with Crippen molar-refractivity contribution < 1.29 is 18.0 Å². The first-order chi connectivity index (χ1) is 18.1. The Balaban J connectivity index is 2.05. The zero-order valence-electron chi connectivity index (χ0n) is 21.5. The van der Waals surface area contributed by atoms with Crippen LogP contribution in [0, 0.1) is 6.92 Å². The number of halogens is 2. The molecule has 0 bridgehead atoms. The molecule has 0 heterocycles. The van der Waals surface area contributed by atoms with Crippen LogP contribution >= 0.6 is 23.2 Å². The second kappa shape index (κ2) is 13.1. The van der Waals surface area contributed by atoms with E-state index in [1.54, 1.807) is 25.1 Å². The topological polar surface area (TPSA) is 86.8 Å². The summed E-state index contributed by atoms with van der Waals surface area (Å²) in [6, 6.07) is 19.7. The Bertz CT molecular complexity index is 1370. The number of likely N-dealkylation sites (N-methyl/N-ethyl adjacent to an activating group) is 1. The summed E-state index contributed by atoms with van der Waals surface area (Å²) in [5.41, 5.74) is 1.94. The minimum Gasteiger partial charge on any atom is -0.357 e. The second-order valence-corrected chi connectivity index (χ2v) is 11.4. The van der Waals surface area contributed by atoms with Gasteiger partial charge in [0.2, 0.25) is 11.8 Å². The lowest BCUT2D eigenvalue weighted by Gasteiger charge is -2.33. The Morgan fingerprint density at radius 2 is 1.61 bits per heavy atom. The van der Waals surface area contributed by atoms with E-state index in [9.17, 15) is 18.0 Å². The molecule has 3 rings (SSSR count). The fourth-order valence-electron chi connectivity index (χ4n) is 4.10. The van der Waals surface area contributed by atoms with Crippen molar-refractivity contribution in [1.29, 1.82) is 0 Å². The Hall–Kier alpha value is -3.07. The van der Waals surface area contributed by atoms with Crippen molar-refractivity contribution in [3.63, 3.8) is 0 Å². The summed E-state index contributed by atoms with van der Waals surface area (Å²) >= 11 is 12.7. The Morgan fingerprint density at radius 3 is 2.21 bits per heavy atom. The van der Waals surface area contributed by atoms with Gasteiger partial charge in [-0.2, -0.15) is 0 Å². The van der Waals surface area contributed by atoms with Crippen molar-refractivity contribution in [3.05, 3.63) is 94.0 Å². The maximum atomic E-state index is 13.9. The molecule has 38 heavy (non-hydrogen) atoms. The Labute approximate surface area is 234 Å². The lowest BCUT2D eigenvalue weighted by Crippen LogP contribution is -2.52. The van der Waals surface area contributed by atoms with Crippen molar-refractivity contribution >= 4 is 50.7 Å². The van der Waals surface area contributed by atoms with Crippen molar-refractivity contribution in [3.8, 4) is 0 Å². The van der Waals surface area contributed by atoms with E-state index in [0.29, 0.717) is 12.8 Å². The molecule has 0 saturated heterocycles. The van der Waals surface area contributed by atoms with Crippen LogP contribution in [0.1, 0.15) is 24.5 Å². The fourth-order valence-corrected chi connectivity index (χ4v) is 5.97. The maximum absolute atomic E-state index is 13.9. The molecule has 10 heteroatoms. The van der Waals surface area contributed by atoms with Crippen LogP contribution in [0.25, 0.3) is 0 Å². The van der Waals surface area contributed by atoms with E-state index in [-0.39, 0.29) is 33.1 Å². The fraction of sp³-hybridized carbons (Fsp3) is 0.286. The van der Waals surface area contributed by atoms with Crippen molar-refractivity contribution in [1.82, 2.24) is 10.2 Å². The molecule has 1 atom stereocenters. The zero-order chi connectivity index (χ0) is 27.9. The van der Waals surface area contributed by atoms with Crippen LogP contribution in [-0.4, -0.2) is 51.3 Å². The smallest absolute Gasteiger partial charge is 0.264 e. The molecule has 0 radical (unpaired) electrons. The highest BCUT2D eigenvalue weighted by molar-refractivity contribution is 7.92. The number of sulfonamides is 1. The molecule has 3 aromatic rings. The van der Waals surface area contributed by atoms with Gasteiger partial charge in [0.1, 0.15) is 12.6 Å². The number of aryl methyl sites for hydroxylation is 1. The molecule has 0 unspecified atom stereocenters. The summed E-state index contributed by atoms with van der Waals surface area (Å²) in [7, 11) is -2.72. The molecular formula is C28H31Cl2N3O4S. The van der Waals surface area contributed by atoms with Crippen LogP contribution < -0.4 is 9.62 Å². The normalized spacial score (nSPS) is 12.0. The van der Waals surface area contributed by atoms with Gasteiger partial charge in [-0.15, -0.1) is 0 Å². The van der Waals surface area contributed by atoms with Gasteiger partial charge in [0, 0.05) is 13.6 Å². The first-order valence-corrected chi connectivity index (χ1v) is 14.4. The van der Waals surface area contributed by atoms with Gasteiger partial charge < -0.3 is 10.2 Å². The standard InChI is InChI=1S/C28H31Cl2N3O4S/c1-4-24(28(35)31-3)32(18-17-21-9-6-5-7-10-21)26(34)19-33(25-12-8-11-23(29)27(25)30)38(36,37)22-15-13-20(2)14-16-22/h5-16,24H,4,17-19H2,1-3H3,(H,31,35)/t24-/m0/s1. The van der Waals surface area contributed by atoms with Crippen LogP contribution in [0.5, 0.6) is 0 Å². The van der Waals surface area contributed by atoms with Gasteiger partial charge in [0.05, 0.1) is 20.6 Å². The number of hydrogen-bond donors (Lipinski definition) is 1. The molecule has 0 aromatic heterocycles. The van der Waals surface area contributed by atoms with Crippen molar-refractivity contribution in [2.45, 2.75) is 37.6 Å². The molecule has 0 saturated carbocycles. The average Bonchev–Trinajstić information content (AvgIpc) is 2.91.